The topological polar surface area (TPSA) is 15.3 Å². The smallest absolute Gasteiger partial charge is 0.363 e. The summed E-state index contributed by atoms with van der Waals surface area (Å²) in [6.45, 7) is 1.74. The maximum absolute atomic E-state index is 12.3. The average molecular weight is 254 g/mol. The fraction of sp³-hybridized carbons (Fsp3) is 0.900. The first-order chi connectivity index (χ1) is 7.44. The van der Waals surface area contributed by atoms with E-state index in [0.717, 1.165) is 25.7 Å². The van der Waals surface area contributed by atoms with Crippen molar-refractivity contribution in [2.24, 2.45) is 0 Å². The van der Waals surface area contributed by atoms with E-state index in [1.165, 1.54) is 4.90 Å². The van der Waals surface area contributed by atoms with Crippen molar-refractivity contribution >= 4 is 17.3 Å². The van der Waals surface area contributed by atoms with Gasteiger partial charge in [-0.25, -0.2) is 0 Å². The molecule has 0 aromatic heterocycles. The Balaban J connectivity index is 2.40. The molecule has 1 rings (SSSR count). The standard InChI is InChI=1S/C10H17F3N2S/c1-2-3-6-14-9(16)15(8-4-5-8)7-10(11,12)13/h8H,2-7H2,1H3,(H,14,16). The lowest BCUT2D eigenvalue weighted by molar-refractivity contribution is -0.138. The highest BCUT2D eigenvalue weighted by molar-refractivity contribution is 7.80. The quantitative estimate of drug-likeness (QED) is 0.600. The third-order valence-electron chi connectivity index (χ3n) is 2.40. The predicted molar refractivity (Wildman–Crippen MR) is 61.3 cm³/mol. The molecule has 1 saturated carbocycles. The Morgan fingerprint density at radius 2 is 2.06 bits per heavy atom. The molecule has 0 bridgehead atoms. The molecule has 16 heavy (non-hydrogen) atoms. The lowest BCUT2D eigenvalue weighted by Crippen LogP contribution is -2.46. The molecule has 2 nitrogen and oxygen atoms in total. The van der Waals surface area contributed by atoms with Gasteiger partial charge in [-0.3, -0.25) is 0 Å². The number of unbranched alkanes of at least 4 members (excludes halogenated alkanes) is 1. The van der Waals surface area contributed by atoms with Gasteiger partial charge >= 0.3 is 6.18 Å². The van der Waals surface area contributed by atoms with E-state index < -0.39 is 12.7 Å². The van der Waals surface area contributed by atoms with E-state index in [1.807, 2.05) is 6.92 Å². The van der Waals surface area contributed by atoms with Crippen LogP contribution in [0.5, 0.6) is 0 Å². The zero-order valence-electron chi connectivity index (χ0n) is 9.31. The number of nitrogens with one attached hydrogen (secondary N) is 1. The van der Waals surface area contributed by atoms with E-state index >= 15 is 0 Å². The Morgan fingerprint density at radius 3 is 2.50 bits per heavy atom. The van der Waals surface area contributed by atoms with Gasteiger partial charge in [-0.2, -0.15) is 13.2 Å². The summed E-state index contributed by atoms with van der Waals surface area (Å²) in [5.74, 6) is 0. The fourth-order valence-electron chi connectivity index (χ4n) is 1.42. The molecule has 0 saturated heterocycles. The summed E-state index contributed by atoms with van der Waals surface area (Å²) in [6.07, 6.45) is -0.639. The Labute approximate surface area is 99.2 Å². The molecule has 0 atom stereocenters. The predicted octanol–water partition coefficient (Wildman–Crippen LogP) is 2.69. The van der Waals surface area contributed by atoms with E-state index in [2.05, 4.69) is 5.32 Å². The molecule has 1 N–H and O–H groups in total. The van der Waals surface area contributed by atoms with Crippen LogP contribution in [0.3, 0.4) is 0 Å². The molecule has 0 heterocycles. The van der Waals surface area contributed by atoms with Gasteiger partial charge in [0.25, 0.3) is 0 Å². The van der Waals surface area contributed by atoms with Crippen LogP contribution in [0.25, 0.3) is 0 Å². The summed E-state index contributed by atoms with van der Waals surface area (Å²) in [7, 11) is 0. The number of nitrogens with zero attached hydrogens (tertiary/aromatic N) is 1. The summed E-state index contributed by atoms with van der Waals surface area (Å²) in [5, 5.41) is 3.13. The number of hydrogen-bond donors (Lipinski definition) is 1. The van der Waals surface area contributed by atoms with E-state index in [-0.39, 0.29) is 11.2 Å². The van der Waals surface area contributed by atoms with Crippen molar-refractivity contribution in [3.8, 4) is 0 Å². The molecular weight excluding hydrogens is 237 g/mol. The average Bonchev–Trinajstić information content (AvgIpc) is 2.96. The van der Waals surface area contributed by atoms with E-state index in [0.29, 0.717) is 6.54 Å². The molecular formula is C10H17F3N2S. The van der Waals surface area contributed by atoms with Crippen molar-refractivity contribution in [1.29, 1.82) is 0 Å². The van der Waals surface area contributed by atoms with Gasteiger partial charge < -0.3 is 10.2 Å². The Bertz CT molecular complexity index is 239. The molecule has 0 spiro atoms. The van der Waals surface area contributed by atoms with Crippen LogP contribution in [0.15, 0.2) is 0 Å². The van der Waals surface area contributed by atoms with Crippen LogP contribution in [0.1, 0.15) is 32.6 Å². The van der Waals surface area contributed by atoms with Crippen LogP contribution in [0.2, 0.25) is 0 Å². The molecule has 94 valence electrons. The van der Waals surface area contributed by atoms with Crippen molar-refractivity contribution < 1.29 is 13.2 Å². The van der Waals surface area contributed by atoms with Crippen LogP contribution < -0.4 is 5.32 Å². The molecule has 0 aliphatic heterocycles. The third-order valence-corrected chi connectivity index (χ3v) is 2.78. The normalized spacial score (nSPS) is 16.0. The first kappa shape index (κ1) is 13.5. The summed E-state index contributed by atoms with van der Waals surface area (Å²) < 4.78 is 36.9. The van der Waals surface area contributed by atoms with E-state index in [9.17, 15) is 13.2 Å². The van der Waals surface area contributed by atoms with Crippen LogP contribution in [0.4, 0.5) is 13.2 Å². The van der Waals surface area contributed by atoms with E-state index in [1.54, 1.807) is 0 Å². The molecule has 1 aliphatic rings. The SMILES string of the molecule is CCCCNC(=S)N(CC(F)(F)F)C1CC1. The molecule has 0 aromatic carbocycles. The third kappa shape index (κ3) is 5.01. The highest BCUT2D eigenvalue weighted by atomic mass is 32.1. The van der Waals surface area contributed by atoms with Crippen LogP contribution in [-0.2, 0) is 0 Å². The van der Waals surface area contributed by atoms with Gasteiger partial charge in [-0.1, -0.05) is 13.3 Å². The van der Waals surface area contributed by atoms with Crippen LogP contribution in [0, 0.1) is 0 Å². The number of rotatable bonds is 5. The number of thiocarbonyl (C=S) groups is 1. The van der Waals surface area contributed by atoms with Crippen LogP contribution in [-0.4, -0.2) is 35.3 Å². The van der Waals surface area contributed by atoms with Gasteiger partial charge in [0.15, 0.2) is 5.11 Å². The second kappa shape index (κ2) is 5.70. The lowest BCUT2D eigenvalue weighted by atomic mass is 10.3. The van der Waals surface area contributed by atoms with Gasteiger partial charge in [0.05, 0.1) is 0 Å². The van der Waals surface area contributed by atoms with Gasteiger partial charge in [-0.15, -0.1) is 0 Å². The molecule has 0 amide bonds. The minimum Gasteiger partial charge on any atom is -0.363 e. The molecule has 0 unspecified atom stereocenters. The second-order valence-electron chi connectivity index (χ2n) is 4.06. The van der Waals surface area contributed by atoms with Gasteiger partial charge in [0.1, 0.15) is 6.54 Å². The zero-order chi connectivity index (χ0) is 12.2. The van der Waals surface area contributed by atoms with Gasteiger partial charge in [0.2, 0.25) is 0 Å². The Morgan fingerprint density at radius 1 is 1.44 bits per heavy atom. The number of halogens is 3. The lowest BCUT2D eigenvalue weighted by Gasteiger charge is -2.26. The van der Waals surface area contributed by atoms with Crippen molar-refractivity contribution in [3.63, 3.8) is 0 Å². The monoisotopic (exact) mass is 254 g/mol. The second-order valence-corrected chi connectivity index (χ2v) is 4.45. The van der Waals surface area contributed by atoms with Gasteiger partial charge in [-0.05, 0) is 31.5 Å². The zero-order valence-corrected chi connectivity index (χ0v) is 10.1. The molecule has 6 heteroatoms. The highest BCUT2D eigenvalue weighted by Crippen LogP contribution is 2.30. The largest absolute Gasteiger partial charge is 0.406 e. The molecule has 0 radical (unpaired) electrons. The minimum atomic E-state index is -4.18. The van der Waals surface area contributed by atoms with Gasteiger partial charge in [0, 0.05) is 12.6 Å². The van der Waals surface area contributed by atoms with Crippen molar-refractivity contribution in [2.45, 2.75) is 44.8 Å². The Kier molecular flexibility index (Phi) is 4.83. The highest BCUT2D eigenvalue weighted by Gasteiger charge is 2.39. The van der Waals surface area contributed by atoms with Crippen molar-refractivity contribution in [2.75, 3.05) is 13.1 Å². The summed E-state index contributed by atoms with van der Waals surface area (Å²) in [4.78, 5) is 1.27. The number of hydrogen-bond acceptors (Lipinski definition) is 1. The molecule has 0 aromatic rings. The summed E-state index contributed by atoms with van der Waals surface area (Å²) in [5.41, 5.74) is 0. The van der Waals surface area contributed by atoms with Crippen molar-refractivity contribution in [3.05, 3.63) is 0 Å². The summed E-state index contributed by atoms with van der Waals surface area (Å²) >= 11 is 4.99. The maximum Gasteiger partial charge on any atom is 0.406 e. The molecule has 1 aliphatic carbocycles. The van der Waals surface area contributed by atoms with Crippen molar-refractivity contribution in [1.82, 2.24) is 10.2 Å². The Hall–Kier alpha value is -0.520. The first-order valence-corrected chi connectivity index (χ1v) is 5.96. The minimum absolute atomic E-state index is 0.0109. The molecule has 1 fully saturated rings. The number of alkyl halides is 3. The van der Waals surface area contributed by atoms with E-state index in [4.69, 9.17) is 12.2 Å². The maximum atomic E-state index is 12.3. The summed E-state index contributed by atoms with van der Waals surface area (Å²) in [6, 6.07) is -0.0109. The first-order valence-electron chi connectivity index (χ1n) is 5.55. The fourth-order valence-corrected chi connectivity index (χ4v) is 1.74. The van der Waals surface area contributed by atoms with Crippen LogP contribution >= 0.6 is 12.2 Å².